The lowest BCUT2D eigenvalue weighted by atomic mass is 10.1. The summed E-state index contributed by atoms with van der Waals surface area (Å²) in [6, 6.07) is 5.36. The number of hydrogen-bond donors (Lipinski definition) is 0. The van der Waals surface area contributed by atoms with Crippen LogP contribution < -0.4 is 0 Å². The molecule has 0 saturated heterocycles. The average molecular weight is 316 g/mol. The van der Waals surface area contributed by atoms with Crippen LogP contribution in [0.25, 0.3) is 11.4 Å². The number of nitrogens with zero attached hydrogens (tertiary/aromatic N) is 2. The van der Waals surface area contributed by atoms with Gasteiger partial charge in [0, 0.05) is 17.5 Å². The van der Waals surface area contributed by atoms with Crippen LogP contribution in [-0.2, 0) is 17.8 Å². The molecule has 1 aromatic carbocycles. The van der Waals surface area contributed by atoms with Gasteiger partial charge in [-0.25, -0.2) is 9.97 Å². The highest BCUT2D eigenvalue weighted by molar-refractivity contribution is 6.43. The summed E-state index contributed by atoms with van der Waals surface area (Å²) in [4.78, 5) is 8.82. The van der Waals surface area contributed by atoms with E-state index >= 15 is 0 Å². The Morgan fingerprint density at radius 3 is 2.79 bits per heavy atom. The van der Waals surface area contributed by atoms with Crippen molar-refractivity contribution in [1.29, 1.82) is 0 Å². The highest BCUT2D eigenvalue weighted by atomic mass is 35.5. The molecule has 19 heavy (non-hydrogen) atoms. The number of halogens is 3. The van der Waals surface area contributed by atoms with Crippen molar-refractivity contribution in [2.24, 2.45) is 0 Å². The summed E-state index contributed by atoms with van der Waals surface area (Å²) in [6.07, 6.45) is 0.725. The fraction of sp³-hybridized carbons (Fsp3) is 0.231. The van der Waals surface area contributed by atoms with Crippen LogP contribution in [0.1, 0.15) is 11.3 Å². The Hall–Kier alpha value is -0.870. The molecule has 98 valence electrons. The summed E-state index contributed by atoms with van der Waals surface area (Å²) in [5.74, 6) is 0.498. The number of fused-ring (bicyclic) bond motifs is 1. The maximum absolute atomic E-state index is 6.18. The van der Waals surface area contributed by atoms with E-state index in [1.165, 1.54) is 0 Å². The third kappa shape index (κ3) is 2.43. The lowest BCUT2D eigenvalue weighted by Crippen LogP contribution is -2.14. The normalized spacial score (nSPS) is 14.3. The predicted octanol–water partition coefficient (Wildman–Crippen LogP) is 4.18. The molecule has 6 heteroatoms. The molecule has 2 heterocycles. The van der Waals surface area contributed by atoms with Gasteiger partial charge in [-0.15, -0.1) is 0 Å². The van der Waals surface area contributed by atoms with Gasteiger partial charge in [0.15, 0.2) is 5.82 Å². The van der Waals surface area contributed by atoms with Gasteiger partial charge in [-0.3, -0.25) is 0 Å². The zero-order valence-corrected chi connectivity index (χ0v) is 12.1. The summed E-state index contributed by atoms with van der Waals surface area (Å²) in [5, 5.41) is 1.32. The molecule has 0 spiro atoms. The van der Waals surface area contributed by atoms with Crippen molar-refractivity contribution in [1.82, 2.24) is 9.97 Å². The van der Waals surface area contributed by atoms with Crippen molar-refractivity contribution >= 4 is 34.8 Å². The van der Waals surface area contributed by atoms with Gasteiger partial charge in [-0.05, 0) is 12.1 Å². The third-order valence-electron chi connectivity index (χ3n) is 2.96. The van der Waals surface area contributed by atoms with E-state index in [2.05, 4.69) is 9.97 Å². The quantitative estimate of drug-likeness (QED) is 0.741. The van der Waals surface area contributed by atoms with Gasteiger partial charge in [0.2, 0.25) is 0 Å². The maximum atomic E-state index is 6.18. The third-order valence-corrected chi connectivity index (χ3v) is 4.10. The van der Waals surface area contributed by atoms with Crippen LogP contribution in [0, 0.1) is 0 Å². The fourth-order valence-corrected chi connectivity index (χ4v) is 2.62. The summed E-state index contributed by atoms with van der Waals surface area (Å²) < 4.78 is 5.35. The van der Waals surface area contributed by atoms with Crippen molar-refractivity contribution in [3.05, 3.63) is 44.7 Å². The molecule has 0 amide bonds. The van der Waals surface area contributed by atoms with Gasteiger partial charge in [-0.1, -0.05) is 40.9 Å². The van der Waals surface area contributed by atoms with Gasteiger partial charge in [0.25, 0.3) is 0 Å². The van der Waals surface area contributed by atoms with E-state index in [1.807, 2.05) is 12.1 Å². The SMILES string of the molecule is Clc1cccc(-c2nc(Cl)c3c(n2)CCOC3)c1Cl. The van der Waals surface area contributed by atoms with Crippen molar-refractivity contribution in [3.63, 3.8) is 0 Å². The Kier molecular flexibility index (Phi) is 3.63. The Morgan fingerprint density at radius 1 is 1.11 bits per heavy atom. The van der Waals surface area contributed by atoms with Gasteiger partial charge in [0.05, 0.1) is 29.0 Å². The predicted molar refractivity (Wildman–Crippen MR) is 75.9 cm³/mol. The first-order valence-electron chi connectivity index (χ1n) is 5.74. The minimum absolute atomic E-state index is 0.413. The first-order chi connectivity index (χ1) is 9.16. The molecule has 1 aromatic heterocycles. The van der Waals surface area contributed by atoms with Gasteiger partial charge in [0.1, 0.15) is 5.15 Å². The van der Waals surface area contributed by atoms with Crippen molar-refractivity contribution in [2.45, 2.75) is 13.0 Å². The molecule has 0 saturated carbocycles. The maximum Gasteiger partial charge on any atom is 0.162 e. The standard InChI is InChI=1S/C13H9Cl3N2O/c14-9-3-1-2-7(11(9)15)13-17-10-4-5-19-6-8(10)12(16)18-13/h1-3H,4-6H2. The largest absolute Gasteiger partial charge is 0.376 e. The molecule has 2 aromatic rings. The van der Waals surface area contributed by atoms with Gasteiger partial charge < -0.3 is 4.74 Å². The van der Waals surface area contributed by atoms with Crippen molar-refractivity contribution in [2.75, 3.05) is 6.61 Å². The van der Waals surface area contributed by atoms with Gasteiger partial charge in [-0.2, -0.15) is 0 Å². The van der Waals surface area contributed by atoms with E-state index in [1.54, 1.807) is 6.07 Å². The summed E-state index contributed by atoms with van der Waals surface area (Å²) >= 11 is 18.4. The topological polar surface area (TPSA) is 35.0 Å². The van der Waals surface area contributed by atoms with Crippen LogP contribution in [0.2, 0.25) is 15.2 Å². The van der Waals surface area contributed by atoms with E-state index in [4.69, 9.17) is 39.5 Å². The Balaban J connectivity index is 2.16. The van der Waals surface area contributed by atoms with E-state index < -0.39 is 0 Å². The summed E-state index contributed by atoms with van der Waals surface area (Å²) in [6.45, 7) is 1.10. The molecule has 0 fully saturated rings. The fourth-order valence-electron chi connectivity index (χ4n) is 1.99. The zero-order valence-electron chi connectivity index (χ0n) is 9.79. The minimum atomic E-state index is 0.413. The van der Waals surface area contributed by atoms with Crippen LogP contribution in [0.15, 0.2) is 18.2 Å². The second-order valence-electron chi connectivity index (χ2n) is 4.17. The molecule has 0 N–H and O–H groups in total. The minimum Gasteiger partial charge on any atom is -0.376 e. The highest BCUT2D eigenvalue weighted by Crippen LogP contribution is 2.33. The second kappa shape index (κ2) is 5.25. The first kappa shape index (κ1) is 13.1. The lowest BCUT2D eigenvalue weighted by molar-refractivity contribution is 0.109. The molecule has 0 radical (unpaired) electrons. The molecule has 3 rings (SSSR count). The number of ether oxygens (including phenoxy) is 1. The molecule has 1 aliphatic heterocycles. The van der Waals surface area contributed by atoms with Crippen LogP contribution in [0.5, 0.6) is 0 Å². The molecule has 0 bridgehead atoms. The molecule has 1 aliphatic rings. The highest BCUT2D eigenvalue weighted by Gasteiger charge is 2.19. The molecule has 0 unspecified atom stereocenters. The second-order valence-corrected chi connectivity index (χ2v) is 5.31. The molecule has 0 atom stereocenters. The molecule has 0 aliphatic carbocycles. The number of aromatic nitrogens is 2. The summed E-state index contributed by atoms with van der Waals surface area (Å²) in [5.41, 5.74) is 2.46. The van der Waals surface area contributed by atoms with Crippen LogP contribution in [0.4, 0.5) is 0 Å². The van der Waals surface area contributed by atoms with Crippen LogP contribution in [0.3, 0.4) is 0 Å². The lowest BCUT2D eigenvalue weighted by Gasteiger charge is -2.17. The number of benzene rings is 1. The molecule has 3 nitrogen and oxygen atoms in total. The Labute approximate surface area is 125 Å². The van der Waals surface area contributed by atoms with E-state index in [0.29, 0.717) is 39.8 Å². The smallest absolute Gasteiger partial charge is 0.162 e. The average Bonchev–Trinajstić information content (AvgIpc) is 2.42. The Bertz CT molecular complexity index is 646. The van der Waals surface area contributed by atoms with Crippen LogP contribution in [-0.4, -0.2) is 16.6 Å². The number of rotatable bonds is 1. The van der Waals surface area contributed by atoms with Crippen LogP contribution >= 0.6 is 34.8 Å². The van der Waals surface area contributed by atoms with E-state index in [-0.39, 0.29) is 0 Å². The number of hydrogen-bond acceptors (Lipinski definition) is 3. The van der Waals surface area contributed by atoms with E-state index in [0.717, 1.165) is 17.7 Å². The van der Waals surface area contributed by atoms with Gasteiger partial charge >= 0.3 is 0 Å². The summed E-state index contributed by atoms with van der Waals surface area (Å²) in [7, 11) is 0. The first-order valence-corrected chi connectivity index (χ1v) is 6.87. The zero-order chi connectivity index (χ0) is 13.4. The monoisotopic (exact) mass is 314 g/mol. The molecular weight excluding hydrogens is 307 g/mol. The van der Waals surface area contributed by atoms with Crippen molar-refractivity contribution in [3.8, 4) is 11.4 Å². The molecular formula is C13H9Cl3N2O. The van der Waals surface area contributed by atoms with E-state index in [9.17, 15) is 0 Å². The van der Waals surface area contributed by atoms with Crippen molar-refractivity contribution < 1.29 is 4.74 Å². The Morgan fingerprint density at radius 2 is 1.95 bits per heavy atom.